The van der Waals surface area contributed by atoms with Crippen LogP contribution >= 0.6 is 11.3 Å². The van der Waals surface area contributed by atoms with Gasteiger partial charge in [-0.15, -0.1) is 11.3 Å². The highest BCUT2D eigenvalue weighted by Crippen LogP contribution is 2.44. The monoisotopic (exact) mass is 772 g/mol. The van der Waals surface area contributed by atoms with Crippen LogP contribution in [0.1, 0.15) is 133 Å². The molecule has 1 atom stereocenters. The second kappa shape index (κ2) is 16.5. The summed E-state index contributed by atoms with van der Waals surface area (Å²) in [4.78, 5) is 11.4. The van der Waals surface area contributed by atoms with Crippen molar-refractivity contribution in [1.29, 1.82) is 0 Å². The van der Waals surface area contributed by atoms with E-state index in [1.165, 1.54) is 66.3 Å². The molecule has 5 heteroatoms. The van der Waals surface area contributed by atoms with Crippen molar-refractivity contribution in [3.8, 4) is 44.6 Å². The van der Waals surface area contributed by atoms with Crippen LogP contribution in [0, 0.1) is 5.92 Å². The normalized spacial score (nSPS) is 12.8. The third kappa shape index (κ3) is 7.71. The van der Waals surface area contributed by atoms with Gasteiger partial charge in [0, 0.05) is 30.4 Å². The zero-order valence-corrected chi connectivity index (χ0v) is 36.7. The second-order valence-electron chi connectivity index (χ2n) is 17.7. The van der Waals surface area contributed by atoms with Gasteiger partial charge in [0.25, 0.3) is 0 Å². The van der Waals surface area contributed by atoms with Crippen LogP contribution in [0.15, 0.2) is 121 Å². The lowest BCUT2D eigenvalue weighted by Gasteiger charge is -2.34. The number of rotatable bonds is 13. The molecule has 7 aromatic rings. The van der Waals surface area contributed by atoms with Crippen molar-refractivity contribution in [3.05, 3.63) is 155 Å². The summed E-state index contributed by atoms with van der Waals surface area (Å²) in [6.07, 6.45) is 9.19. The molecular formula is C52H60N4S. The Morgan fingerprint density at radius 3 is 1.68 bits per heavy atom. The van der Waals surface area contributed by atoms with E-state index < -0.39 is 0 Å². The van der Waals surface area contributed by atoms with E-state index in [4.69, 9.17) is 9.97 Å². The van der Waals surface area contributed by atoms with Gasteiger partial charge in [-0.25, -0.2) is 9.97 Å². The van der Waals surface area contributed by atoms with Gasteiger partial charge in [-0.1, -0.05) is 149 Å². The molecule has 0 radical (unpaired) electrons. The van der Waals surface area contributed by atoms with Gasteiger partial charge >= 0.3 is 0 Å². The van der Waals surface area contributed by atoms with Gasteiger partial charge in [0.2, 0.25) is 0 Å². The molecule has 0 N–H and O–H groups in total. The van der Waals surface area contributed by atoms with Crippen LogP contribution < -0.4 is 0 Å². The Kier molecular flexibility index (Phi) is 11.6. The minimum atomic E-state index is -0.163. The molecule has 0 bridgehead atoms. The zero-order valence-electron chi connectivity index (χ0n) is 35.8. The molecule has 0 spiro atoms. The topological polar surface area (TPSA) is 35.6 Å². The fourth-order valence-electron chi connectivity index (χ4n) is 8.54. The lowest BCUT2D eigenvalue weighted by atomic mass is 9.70. The maximum Gasteiger partial charge on any atom is 0.154 e. The molecule has 0 amide bonds. The van der Waals surface area contributed by atoms with E-state index in [2.05, 4.69) is 194 Å². The summed E-state index contributed by atoms with van der Waals surface area (Å²) in [5.74, 6) is 3.79. The van der Waals surface area contributed by atoms with E-state index in [1.54, 1.807) is 11.3 Å². The number of aromatic nitrogens is 4. The van der Waals surface area contributed by atoms with Gasteiger partial charge in [-0.2, -0.15) is 0 Å². The smallest absolute Gasteiger partial charge is 0.154 e. The van der Waals surface area contributed by atoms with Crippen molar-refractivity contribution in [1.82, 2.24) is 19.1 Å². The van der Waals surface area contributed by atoms with E-state index in [0.29, 0.717) is 29.6 Å². The number of thiophene rings is 1. The average molecular weight is 773 g/mol. The zero-order chi connectivity index (χ0) is 40.6. The Morgan fingerprint density at radius 1 is 0.561 bits per heavy atom. The van der Waals surface area contributed by atoms with Crippen LogP contribution in [-0.2, 0) is 11.8 Å². The lowest BCUT2D eigenvalue weighted by molar-refractivity contribution is 0.343. The number of benzene rings is 4. The molecule has 3 heterocycles. The fraction of sp³-hybridized carbons (Fsp3) is 0.346. The van der Waals surface area contributed by atoms with E-state index >= 15 is 0 Å². The van der Waals surface area contributed by atoms with Gasteiger partial charge in [-0.05, 0) is 110 Å². The van der Waals surface area contributed by atoms with Gasteiger partial charge in [0.05, 0.1) is 16.3 Å². The van der Waals surface area contributed by atoms with Crippen LogP contribution in [0.4, 0.5) is 0 Å². The van der Waals surface area contributed by atoms with Crippen LogP contribution in [0.2, 0.25) is 0 Å². The van der Waals surface area contributed by atoms with Crippen molar-refractivity contribution in [2.45, 2.75) is 112 Å². The quantitative estimate of drug-likeness (QED) is 0.117. The maximum atomic E-state index is 5.09. The largest absolute Gasteiger partial charge is 0.299 e. The van der Waals surface area contributed by atoms with E-state index in [-0.39, 0.29) is 5.41 Å². The highest BCUT2D eigenvalue weighted by molar-refractivity contribution is 7.13. The fourth-order valence-corrected chi connectivity index (χ4v) is 9.47. The summed E-state index contributed by atoms with van der Waals surface area (Å²) < 4.78 is 4.73. The van der Waals surface area contributed by atoms with Crippen molar-refractivity contribution in [2.75, 3.05) is 0 Å². The first kappa shape index (κ1) is 40.2. The van der Waals surface area contributed by atoms with Crippen LogP contribution in [0.25, 0.3) is 44.6 Å². The summed E-state index contributed by atoms with van der Waals surface area (Å²) in [7, 11) is 0. The highest BCUT2D eigenvalue weighted by Gasteiger charge is 2.33. The average Bonchev–Trinajstić information content (AvgIpc) is 3.99. The van der Waals surface area contributed by atoms with E-state index in [9.17, 15) is 0 Å². The van der Waals surface area contributed by atoms with E-state index in [1.807, 2.05) is 12.4 Å². The molecule has 4 nitrogen and oxygen atoms in total. The lowest BCUT2D eigenvalue weighted by Crippen LogP contribution is -2.29. The van der Waals surface area contributed by atoms with Gasteiger partial charge in [0.15, 0.2) is 5.82 Å². The summed E-state index contributed by atoms with van der Waals surface area (Å²) in [6.45, 7) is 25.6. The van der Waals surface area contributed by atoms with Gasteiger partial charge < -0.3 is 0 Å². The number of nitrogens with zero attached hydrogens (tertiary/aromatic N) is 4. The number of hydrogen-bond acceptors (Lipinski definition) is 3. The summed E-state index contributed by atoms with van der Waals surface area (Å²) in [5, 5.41) is 2.25. The first-order valence-electron chi connectivity index (χ1n) is 20.9. The minimum absolute atomic E-state index is 0.163. The predicted molar refractivity (Wildman–Crippen MR) is 244 cm³/mol. The van der Waals surface area contributed by atoms with Crippen molar-refractivity contribution < 1.29 is 0 Å². The minimum Gasteiger partial charge on any atom is -0.299 e. The molecule has 294 valence electrons. The molecule has 0 aliphatic rings. The number of imidazole rings is 2. The van der Waals surface area contributed by atoms with Crippen molar-refractivity contribution >= 4 is 11.3 Å². The van der Waals surface area contributed by atoms with E-state index in [0.717, 1.165) is 18.1 Å². The molecule has 0 aliphatic carbocycles. The first-order chi connectivity index (χ1) is 27.3. The van der Waals surface area contributed by atoms with Crippen LogP contribution in [0.3, 0.4) is 0 Å². The second-order valence-corrected chi connectivity index (χ2v) is 18.6. The highest BCUT2D eigenvalue weighted by atomic mass is 32.1. The Balaban J connectivity index is 1.26. The molecule has 3 aromatic heterocycles. The summed E-state index contributed by atoms with van der Waals surface area (Å²) in [5.41, 5.74) is 14.1. The molecule has 0 saturated carbocycles. The maximum absolute atomic E-state index is 5.09. The molecule has 0 fully saturated rings. The molecule has 0 aliphatic heterocycles. The summed E-state index contributed by atoms with van der Waals surface area (Å²) >= 11 is 1.80. The third-order valence-electron chi connectivity index (χ3n) is 12.2. The Hall–Kier alpha value is -5.00. The Labute approximate surface area is 345 Å². The summed E-state index contributed by atoms with van der Waals surface area (Å²) in [6, 6.07) is 33.6. The van der Waals surface area contributed by atoms with Gasteiger partial charge in [-0.3, -0.25) is 9.13 Å². The van der Waals surface area contributed by atoms with Crippen LogP contribution in [0.5, 0.6) is 0 Å². The molecule has 57 heavy (non-hydrogen) atoms. The SMILES string of the molecule is CC(C)c1cccc(C(C)C)c1-n1ccnc1-c1ccccc1C(C)(C)[C@H](C)Cc1ccsc1-c1nccn1-c1c(C(C)C)cc(-c2ccccc2)cc1C(C)C. The Bertz CT molecular complexity index is 2400. The molecular weight excluding hydrogens is 713 g/mol. The number of hydrogen-bond donors (Lipinski definition) is 0. The first-order valence-corrected chi connectivity index (χ1v) is 21.8. The standard InChI is InChI=1S/C52H60N4S/c1-33(2)41-21-17-22-42(34(3)4)47(41)55-27-25-53-50(55)43-20-15-16-23-46(43)52(10,11)37(9)30-39-24-29-57-49(39)51-54-26-28-56(51)48-44(35(5)6)31-40(32-45(48)36(7)8)38-18-13-12-14-19-38/h12-29,31-37H,30H2,1-11H3/t37-/m1/s1. The molecule has 0 unspecified atom stereocenters. The third-order valence-corrected chi connectivity index (χ3v) is 13.1. The Morgan fingerprint density at radius 2 is 1.09 bits per heavy atom. The molecule has 4 aromatic carbocycles. The number of para-hydroxylation sites is 1. The predicted octanol–water partition coefficient (Wildman–Crippen LogP) is 14.8. The van der Waals surface area contributed by atoms with Crippen LogP contribution in [-0.4, -0.2) is 19.1 Å². The van der Waals surface area contributed by atoms with Crippen molar-refractivity contribution in [3.63, 3.8) is 0 Å². The molecule has 7 rings (SSSR count). The van der Waals surface area contributed by atoms with Crippen molar-refractivity contribution in [2.24, 2.45) is 5.92 Å². The van der Waals surface area contributed by atoms with Gasteiger partial charge in [0.1, 0.15) is 5.82 Å². The molecule has 0 saturated heterocycles.